The van der Waals surface area contributed by atoms with Gasteiger partial charge in [0.05, 0.1) is 54.1 Å². The molecule has 3 fully saturated rings. The Morgan fingerprint density at radius 3 is 1.08 bits per heavy atom. The molecule has 0 bridgehead atoms. The van der Waals surface area contributed by atoms with Gasteiger partial charge in [-0.25, -0.2) is 43.9 Å². The van der Waals surface area contributed by atoms with Gasteiger partial charge in [0.2, 0.25) is 17.7 Å². The lowest BCUT2D eigenvalue weighted by Gasteiger charge is -2.32. The lowest BCUT2D eigenvalue weighted by atomic mass is 10.1. The number of methoxy groups -OCH3 is 3. The molecule has 30 heteroatoms. The Kier molecular flexibility index (Phi) is 29.2. The van der Waals surface area contributed by atoms with Gasteiger partial charge in [-0.15, -0.1) is 0 Å². The van der Waals surface area contributed by atoms with Crippen LogP contribution in [0.3, 0.4) is 0 Å². The molecule has 3 saturated heterocycles. The van der Waals surface area contributed by atoms with Gasteiger partial charge >= 0.3 is 0 Å². The second kappa shape index (κ2) is 41.3. The maximum atomic E-state index is 13.0. The molecular weight excluding hydrogens is 1510 g/mol. The van der Waals surface area contributed by atoms with Gasteiger partial charge in [0.1, 0.15) is 88.0 Å². The molecule has 0 aliphatic carbocycles. The van der Waals surface area contributed by atoms with Gasteiger partial charge in [-0.3, -0.25) is 19.3 Å². The van der Waals surface area contributed by atoms with Crippen molar-refractivity contribution in [1.82, 2.24) is 88.6 Å². The molecule has 3 atom stereocenters. The number of likely N-dealkylation sites (N-methyl/N-ethyl adjacent to an activating group) is 2. The van der Waals surface area contributed by atoms with E-state index in [4.69, 9.17) is 60.9 Å². The predicted octanol–water partition coefficient (Wildman–Crippen LogP) is 12.1. The number of nitrogens with two attached hydrogens (primary N) is 3. The largest absolute Gasteiger partial charge is 0.457 e. The van der Waals surface area contributed by atoms with Crippen LogP contribution in [-0.2, 0) is 28.6 Å². The summed E-state index contributed by atoms with van der Waals surface area (Å²) in [4.78, 5) is 77.1. The summed E-state index contributed by atoms with van der Waals surface area (Å²) < 4.78 is 39.0. The third-order valence-electron chi connectivity index (χ3n) is 21.0. The van der Waals surface area contributed by atoms with E-state index in [1.165, 1.54) is 19.0 Å². The van der Waals surface area contributed by atoms with E-state index >= 15 is 0 Å². The first-order valence-corrected chi connectivity index (χ1v) is 40.0. The van der Waals surface area contributed by atoms with Crippen LogP contribution >= 0.6 is 0 Å². The number of fused-ring (bicyclic) bond motifs is 3. The topological polar surface area (TPSA) is 335 Å². The lowest BCUT2D eigenvalue weighted by Crippen LogP contribution is -2.40. The number of aromatic nitrogens is 12. The molecule has 3 aliphatic heterocycles. The number of ether oxygens (including phenoxy) is 6. The molecule has 618 valence electrons. The van der Waals surface area contributed by atoms with Gasteiger partial charge < -0.3 is 70.1 Å². The van der Waals surface area contributed by atoms with Crippen molar-refractivity contribution in [2.45, 2.75) is 50.7 Å². The van der Waals surface area contributed by atoms with Crippen LogP contribution in [0.4, 0.5) is 17.5 Å². The summed E-state index contributed by atoms with van der Waals surface area (Å²) in [5.41, 5.74) is 25.7. The van der Waals surface area contributed by atoms with Crippen molar-refractivity contribution in [3.05, 3.63) is 219 Å². The third kappa shape index (κ3) is 21.7. The Balaban J connectivity index is 0.000000155. The van der Waals surface area contributed by atoms with Crippen molar-refractivity contribution in [3.63, 3.8) is 0 Å². The lowest BCUT2D eigenvalue weighted by molar-refractivity contribution is -0.128. The fourth-order valence-corrected chi connectivity index (χ4v) is 14.4. The second-order valence-electron chi connectivity index (χ2n) is 29.2. The molecule has 3 amide bonds. The Morgan fingerprint density at radius 1 is 0.403 bits per heavy atom. The molecule has 0 saturated carbocycles. The van der Waals surface area contributed by atoms with Gasteiger partial charge in [-0.1, -0.05) is 79.7 Å². The number of amides is 3. The minimum atomic E-state index is -0.0338. The summed E-state index contributed by atoms with van der Waals surface area (Å²) in [6, 6.07) is 52.1. The van der Waals surface area contributed by atoms with E-state index in [1.807, 2.05) is 225 Å². The monoisotopic (exact) mass is 1610 g/mol. The standard InChI is InChI=1S/C31H37N7O4.C29H33N7O3.C29H33N7O2/c1-40-19-17-36(18-20-41-2)15-6-9-27(39)37-16-14-24(21-37)38-31-28(30(32)33-22-34-31)29(35-38)23-10-12-26(13-11-23)42-25-7-4-3-5-8-25;1-34(17-18-38-2)15-6-9-25(37)35-16-14-22(19-35)36-29-26(28(30)31-20-32-29)27(33-36)21-10-12-24(13-11-21)39-23-7-4-3-5-8-23;1-3-34(2)17-8-12-25(37)35-18-7-9-22(19-35)36-29-26(28(30)31-20-32-29)27(33-36)21-13-15-24(16-14-21)38-23-10-5-4-6-11-23/h3-13,22,24H,14-21H2,1-2H3,(H2,32,33,34);3-13,20,22H,14-19H2,1-2H3,(H2,30,31,32);4-6,8,10-16,20,22H,3,7,9,17-19H2,1-2H3,(H2,30,31,32)/b2*9-6+;12-8+. The van der Waals surface area contributed by atoms with Crippen molar-refractivity contribution in [2.24, 2.45) is 0 Å². The Bertz CT molecular complexity index is 5390. The molecule has 6 aromatic heterocycles. The Morgan fingerprint density at radius 2 is 0.723 bits per heavy atom. The molecule has 0 spiro atoms. The molecule has 3 unspecified atom stereocenters. The van der Waals surface area contributed by atoms with Crippen LogP contribution in [-0.4, -0.2) is 247 Å². The molecular formula is C89H103N21O9. The van der Waals surface area contributed by atoms with Crippen LogP contribution in [0.25, 0.3) is 66.9 Å². The Labute approximate surface area is 692 Å². The number of nitrogens with zero attached hydrogens (tertiary/aromatic N) is 18. The maximum absolute atomic E-state index is 13.0. The second-order valence-corrected chi connectivity index (χ2v) is 29.2. The quantitative estimate of drug-likeness (QED) is 0.0340. The van der Waals surface area contributed by atoms with E-state index in [0.29, 0.717) is 122 Å². The average Bonchev–Trinajstić information content (AvgIpc) is 1.63. The molecule has 3 aliphatic rings. The van der Waals surface area contributed by atoms with Crippen LogP contribution in [0, 0.1) is 0 Å². The van der Waals surface area contributed by atoms with Crippen LogP contribution in [0.15, 0.2) is 219 Å². The molecule has 9 heterocycles. The van der Waals surface area contributed by atoms with E-state index < -0.39 is 0 Å². The maximum Gasteiger partial charge on any atom is 0.246 e. The first-order valence-electron chi connectivity index (χ1n) is 40.0. The molecule has 30 nitrogen and oxygen atoms in total. The summed E-state index contributed by atoms with van der Waals surface area (Å²) in [7, 11) is 9.07. The highest BCUT2D eigenvalue weighted by Gasteiger charge is 2.34. The van der Waals surface area contributed by atoms with Crippen LogP contribution < -0.4 is 31.4 Å². The van der Waals surface area contributed by atoms with Crippen LogP contribution in [0.1, 0.15) is 50.7 Å². The Hall–Kier alpha value is -12.8. The highest BCUT2D eigenvalue weighted by atomic mass is 16.5. The van der Waals surface area contributed by atoms with Crippen LogP contribution in [0.2, 0.25) is 0 Å². The van der Waals surface area contributed by atoms with Crippen molar-refractivity contribution in [2.75, 3.05) is 158 Å². The molecule has 12 aromatic rings. The summed E-state index contributed by atoms with van der Waals surface area (Å²) >= 11 is 0. The van der Waals surface area contributed by atoms with E-state index in [1.54, 1.807) is 39.6 Å². The van der Waals surface area contributed by atoms with Gasteiger partial charge in [0.15, 0.2) is 16.9 Å². The number of rotatable bonds is 31. The highest BCUT2D eigenvalue weighted by Crippen LogP contribution is 2.39. The van der Waals surface area contributed by atoms with E-state index in [9.17, 15) is 14.4 Å². The molecule has 6 N–H and O–H groups in total. The summed E-state index contributed by atoms with van der Waals surface area (Å²) in [5, 5.41) is 17.0. The minimum Gasteiger partial charge on any atom is -0.457 e. The summed E-state index contributed by atoms with van der Waals surface area (Å²) in [5.74, 6) is 5.61. The summed E-state index contributed by atoms with van der Waals surface area (Å²) in [6.07, 6.45) is 18.4. The number of nitrogen functional groups attached to an aromatic ring is 3. The number of carbonyl (C=O) groups is 3. The smallest absolute Gasteiger partial charge is 0.246 e. The zero-order chi connectivity index (χ0) is 83.0. The van der Waals surface area contributed by atoms with Gasteiger partial charge in [0.25, 0.3) is 0 Å². The van der Waals surface area contributed by atoms with Crippen molar-refractivity contribution < 1.29 is 42.8 Å². The number of likely N-dealkylation sites (tertiary alicyclic amines) is 3. The van der Waals surface area contributed by atoms with Gasteiger partial charge in [-0.2, -0.15) is 15.3 Å². The summed E-state index contributed by atoms with van der Waals surface area (Å²) in [6.45, 7) is 13.0. The number of para-hydroxylation sites is 3. The SMILES string of the molecule is CCN(C)C/C=C/C(=O)N1CCCC(n2nc(-c3ccc(Oc4ccccc4)cc3)c3c(N)ncnc32)C1.COCCN(C)C/C=C/C(=O)N1CCC(n2nc(-c3ccc(Oc4ccccc4)cc3)c3c(N)ncnc32)C1.COCCN(C/C=C/C(=O)N1CCC(n2nc(-c3ccc(Oc4ccccc4)cc3)c3c(N)ncnc32)C1)CCOC. The van der Waals surface area contributed by atoms with Gasteiger partial charge in [0, 0.05) is 135 Å². The minimum absolute atomic E-state index is 0.00234. The third-order valence-corrected chi connectivity index (χ3v) is 21.0. The van der Waals surface area contributed by atoms with Gasteiger partial charge in [-0.05, 0) is 156 Å². The number of piperidine rings is 1. The predicted molar refractivity (Wildman–Crippen MR) is 461 cm³/mol. The van der Waals surface area contributed by atoms with E-state index in [2.05, 4.69) is 51.5 Å². The number of anilines is 3. The fourth-order valence-electron chi connectivity index (χ4n) is 14.4. The van der Waals surface area contributed by atoms with Crippen molar-refractivity contribution in [3.8, 4) is 68.3 Å². The molecule has 119 heavy (non-hydrogen) atoms. The number of hydrogen-bond acceptors (Lipinski definition) is 24. The number of hydrogen-bond donors (Lipinski definition) is 3. The normalized spacial score (nSPS) is 15.6. The fraction of sp³-hybridized carbons (Fsp3) is 0.326. The first-order chi connectivity index (χ1) is 58.1. The zero-order valence-electron chi connectivity index (χ0n) is 68.1. The van der Waals surface area contributed by atoms with Crippen molar-refractivity contribution in [1.29, 1.82) is 0 Å². The molecule has 6 aromatic carbocycles. The number of carbonyl (C=O) groups excluding carboxylic acids is 3. The van der Waals surface area contributed by atoms with E-state index in [0.717, 1.165) is 127 Å². The van der Waals surface area contributed by atoms with Crippen molar-refractivity contribution >= 4 is 68.3 Å². The molecule has 0 radical (unpaired) electrons. The highest BCUT2D eigenvalue weighted by molar-refractivity contribution is 6.00. The molecule has 15 rings (SSSR count). The zero-order valence-corrected chi connectivity index (χ0v) is 68.1. The van der Waals surface area contributed by atoms with E-state index in [-0.39, 0.29) is 35.8 Å². The first kappa shape index (κ1) is 84.1. The average molecular weight is 1610 g/mol. The number of benzene rings is 6. The van der Waals surface area contributed by atoms with Crippen LogP contribution in [0.5, 0.6) is 34.5 Å².